The summed E-state index contributed by atoms with van der Waals surface area (Å²) in [4.78, 5) is 12.7. The highest BCUT2D eigenvalue weighted by molar-refractivity contribution is 7.90. The van der Waals surface area contributed by atoms with E-state index >= 15 is 0 Å². The molecule has 1 rings (SSSR count). The number of carboxylic acids is 1. The van der Waals surface area contributed by atoms with Crippen molar-refractivity contribution in [1.82, 2.24) is 9.62 Å². The van der Waals surface area contributed by atoms with E-state index in [1.54, 1.807) is 0 Å². The van der Waals surface area contributed by atoms with Gasteiger partial charge in [-0.05, 0) is 32.2 Å². The van der Waals surface area contributed by atoms with Gasteiger partial charge in [-0.15, -0.1) is 0 Å². The van der Waals surface area contributed by atoms with Gasteiger partial charge in [0, 0.05) is 12.1 Å². The molecule has 0 amide bonds. The molecular weight excluding hydrogens is 292 g/mol. The normalized spacial score (nSPS) is 23.8. The molecule has 21 heavy (non-hydrogen) atoms. The van der Waals surface area contributed by atoms with E-state index in [2.05, 4.69) is 4.72 Å². The molecule has 0 aliphatic heterocycles. The fourth-order valence-corrected chi connectivity index (χ4v) is 4.72. The quantitative estimate of drug-likeness (QED) is 0.636. The number of carboxylic acid groups (broad SMARTS) is 1. The number of sulfonamides is 1. The molecule has 1 aliphatic carbocycles. The lowest BCUT2D eigenvalue weighted by molar-refractivity contribution is -0.139. The first-order valence-electron chi connectivity index (χ1n) is 7.80. The van der Waals surface area contributed by atoms with Gasteiger partial charge in [0.1, 0.15) is 0 Å². The maximum atomic E-state index is 12.3. The van der Waals surface area contributed by atoms with Crippen LogP contribution in [0.15, 0.2) is 0 Å². The highest BCUT2D eigenvalue weighted by Crippen LogP contribution is 2.27. The lowest BCUT2D eigenvalue weighted by atomic mass is 9.86. The number of likely N-dealkylation sites (N-methyl/N-ethyl adjacent to an activating group) is 1. The molecule has 1 fully saturated rings. The molecule has 1 atom stereocenters. The average molecular weight is 320 g/mol. The van der Waals surface area contributed by atoms with Crippen molar-refractivity contribution in [3.63, 3.8) is 0 Å². The minimum Gasteiger partial charge on any atom is -0.480 e. The third-order valence-electron chi connectivity index (χ3n) is 4.21. The zero-order valence-corrected chi connectivity index (χ0v) is 14.0. The van der Waals surface area contributed by atoms with E-state index in [4.69, 9.17) is 5.11 Å². The van der Waals surface area contributed by atoms with Crippen LogP contribution in [0.3, 0.4) is 0 Å². The summed E-state index contributed by atoms with van der Waals surface area (Å²) in [5, 5.41) is 8.53. The van der Waals surface area contributed by atoms with Crippen LogP contribution in [0.4, 0.5) is 0 Å². The number of nitrogens with one attached hydrogen (secondary N) is 1. The molecule has 6 nitrogen and oxygen atoms in total. The van der Waals surface area contributed by atoms with Crippen molar-refractivity contribution in [2.24, 2.45) is 0 Å². The van der Waals surface area contributed by atoms with Gasteiger partial charge in [-0.1, -0.05) is 27.2 Å². The van der Waals surface area contributed by atoms with Gasteiger partial charge in [-0.2, -0.15) is 0 Å². The van der Waals surface area contributed by atoms with Crippen molar-refractivity contribution in [3.8, 4) is 0 Å². The largest absolute Gasteiger partial charge is 0.480 e. The Balaban J connectivity index is 2.48. The number of hydrogen-bond acceptors (Lipinski definition) is 4. The van der Waals surface area contributed by atoms with E-state index in [0.29, 0.717) is 32.2 Å². The number of nitrogens with zero attached hydrogens (tertiary/aromatic N) is 1. The van der Waals surface area contributed by atoms with Crippen LogP contribution < -0.4 is 4.72 Å². The van der Waals surface area contributed by atoms with E-state index < -0.39 is 16.0 Å². The highest BCUT2D eigenvalue weighted by Gasteiger charge is 2.37. The van der Waals surface area contributed by atoms with E-state index in [9.17, 15) is 13.2 Å². The molecule has 124 valence electrons. The van der Waals surface area contributed by atoms with Gasteiger partial charge >= 0.3 is 5.97 Å². The summed E-state index contributed by atoms with van der Waals surface area (Å²) in [5.74, 6) is -0.838. The van der Waals surface area contributed by atoms with Crippen LogP contribution in [-0.4, -0.2) is 54.8 Å². The van der Waals surface area contributed by atoms with Crippen molar-refractivity contribution in [1.29, 1.82) is 0 Å². The third-order valence-corrected chi connectivity index (χ3v) is 6.32. The van der Waals surface area contributed by atoms with Crippen LogP contribution in [0, 0.1) is 0 Å². The van der Waals surface area contributed by atoms with Crippen LogP contribution in [0.1, 0.15) is 52.9 Å². The second-order valence-corrected chi connectivity index (χ2v) is 7.75. The van der Waals surface area contributed by atoms with Crippen molar-refractivity contribution >= 4 is 16.0 Å². The molecule has 0 saturated heterocycles. The maximum Gasteiger partial charge on any atom is 0.317 e. The number of aliphatic carboxylic acids is 1. The summed E-state index contributed by atoms with van der Waals surface area (Å²) in [6.45, 7) is 6.50. The summed E-state index contributed by atoms with van der Waals surface area (Å²) in [7, 11) is -3.26. The van der Waals surface area contributed by atoms with Gasteiger partial charge in [0.05, 0.1) is 11.8 Å². The molecule has 1 aliphatic rings. The van der Waals surface area contributed by atoms with Gasteiger partial charge in [-0.25, -0.2) is 13.1 Å². The minimum absolute atomic E-state index is 0.0219. The molecule has 0 radical (unpaired) electrons. The average Bonchev–Trinajstić information content (AvgIpc) is 2.36. The van der Waals surface area contributed by atoms with Gasteiger partial charge in [-0.3, -0.25) is 9.69 Å². The fraction of sp³-hybridized carbons (Fsp3) is 0.929. The molecule has 0 spiro atoms. The van der Waals surface area contributed by atoms with Crippen LogP contribution in [0.2, 0.25) is 0 Å². The van der Waals surface area contributed by atoms with Crippen LogP contribution in [0.25, 0.3) is 0 Å². The summed E-state index contributed by atoms with van der Waals surface area (Å²) >= 11 is 0. The molecule has 0 heterocycles. The topological polar surface area (TPSA) is 86.7 Å². The van der Waals surface area contributed by atoms with E-state index in [1.807, 2.05) is 25.7 Å². The first-order chi connectivity index (χ1) is 9.83. The van der Waals surface area contributed by atoms with Gasteiger partial charge in [0.2, 0.25) is 10.0 Å². The van der Waals surface area contributed by atoms with Crippen molar-refractivity contribution < 1.29 is 18.3 Å². The Morgan fingerprint density at radius 1 is 1.33 bits per heavy atom. The maximum absolute atomic E-state index is 12.3. The lowest BCUT2D eigenvalue weighted by Gasteiger charge is -2.42. The van der Waals surface area contributed by atoms with Crippen molar-refractivity contribution in [2.75, 3.05) is 13.1 Å². The fourth-order valence-electron chi connectivity index (χ4n) is 2.88. The summed E-state index contributed by atoms with van der Waals surface area (Å²) in [6, 6.07) is 0.124. The Hall–Kier alpha value is -0.660. The second-order valence-electron chi connectivity index (χ2n) is 5.76. The second kappa shape index (κ2) is 8.10. The van der Waals surface area contributed by atoms with Crippen LogP contribution in [0.5, 0.6) is 0 Å². The van der Waals surface area contributed by atoms with Gasteiger partial charge in [0.25, 0.3) is 0 Å². The molecule has 0 bridgehead atoms. The Kier molecular flexibility index (Phi) is 7.09. The molecule has 2 N–H and O–H groups in total. The zero-order valence-electron chi connectivity index (χ0n) is 13.2. The minimum atomic E-state index is -3.26. The summed E-state index contributed by atoms with van der Waals surface area (Å²) in [5.41, 5.74) is 0. The van der Waals surface area contributed by atoms with Crippen molar-refractivity contribution in [3.05, 3.63) is 0 Å². The Labute approximate surface area is 128 Å². The molecular formula is C14H28N2O4S. The predicted molar refractivity (Wildman–Crippen MR) is 82.7 cm³/mol. The molecule has 1 saturated carbocycles. The predicted octanol–water partition coefficient (Wildman–Crippen LogP) is 1.42. The van der Waals surface area contributed by atoms with E-state index in [0.717, 1.165) is 6.42 Å². The summed E-state index contributed by atoms with van der Waals surface area (Å²) in [6.07, 6.45) is 3.56. The third kappa shape index (κ3) is 5.23. The molecule has 0 aromatic carbocycles. The van der Waals surface area contributed by atoms with Crippen molar-refractivity contribution in [2.45, 2.75) is 70.2 Å². The number of rotatable bonds is 10. The summed E-state index contributed by atoms with van der Waals surface area (Å²) < 4.78 is 27.3. The zero-order chi connectivity index (χ0) is 16.0. The Morgan fingerprint density at radius 2 is 1.95 bits per heavy atom. The standard InChI is InChI=1S/C14H28N2O4S/c1-4-7-13(5-2)21(19,20)15-11-8-12(9-11)16(6-3)10-14(17)18/h11-13,15H,4-10H2,1-3H3,(H,17,18). The van der Waals surface area contributed by atoms with Gasteiger partial charge < -0.3 is 5.11 Å². The molecule has 7 heteroatoms. The number of hydrogen-bond donors (Lipinski definition) is 2. The van der Waals surface area contributed by atoms with E-state index in [-0.39, 0.29) is 23.9 Å². The first kappa shape index (κ1) is 18.4. The SMILES string of the molecule is CCCC(CC)S(=O)(=O)NC1CC(N(CC)CC(=O)O)C1. The molecule has 0 aromatic rings. The monoisotopic (exact) mass is 320 g/mol. The number of carbonyl (C=O) groups is 1. The first-order valence-corrected chi connectivity index (χ1v) is 9.35. The lowest BCUT2D eigenvalue weighted by Crippen LogP contribution is -2.55. The Morgan fingerprint density at radius 3 is 2.38 bits per heavy atom. The molecule has 1 unspecified atom stereocenters. The highest BCUT2D eigenvalue weighted by atomic mass is 32.2. The smallest absolute Gasteiger partial charge is 0.317 e. The van der Waals surface area contributed by atoms with Crippen LogP contribution in [-0.2, 0) is 14.8 Å². The molecule has 0 aromatic heterocycles. The van der Waals surface area contributed by atoms with Gasteiger partial charge in [0.15, 0.2) is 0 Å². The van der Waals surface area contributed by atoms with Crippen LogP contribution >= 0.6 is 0 Å². The van der Waals surface area contributed by atoms with E-state index in [1.165, 1.54) is 0 Å². The Bertz CT molecular complexity index is 432.